The Labute approximate surface area is 406 Å². The maximum absolute atomic E-state index is 6.77. The molecule has 0 atom stereocenters. The molecule has 0 unspecified atom stereocenters. The molecule has 0 amide bonds. The first kappa shape index (κ1) is 38.4. The van der Waals surface area contributed by atoms with Crippen molar-refractivity contribution in [2.24, 2.45) is 0 Å². The summed E-state index contributed by atoms with van der Waals surface area (Å²) in [5, 5.41) is 7.12. The van der Waals surface area contributed by atoms with Crippen LogP contribution in [0.25, 0.3) is 105 Å². The molecule has 71 heavy (non-hydrogen) atoms. The van der Waals surface area contributed by atoms with Gasteiger partial charge in [-0.15, -0.1) is 0 Å². The van der Waals surface area contributed by atoms with Gasteiger partial charge in [0.2, 0.25) is 0 Å². The first-order valence-electron chi connectivity index (χ1n) is 24.1. The average molecular weight is 907 g/mol. The van der Waals surface area contributed by atoms with Crippen molar-refractivity contribution in [2.75, 3.05) is 0 Å². The topological polar surface area (TPSA) is 62.7 Å². The normalized spacial score (nSPS) is 13.3. The second kappa shape index (κ2) is 14.2. The van der Waals surface area contributed by atoms with Gasteiger partial charge in [0.05, 0.1) is 67.5 Å². The second-order valence-corrected chi connectivity index (χ2v) is 18.7. The summed E-state index contributed by atoms with van der Waals surface area (Å²) in [6, 6.07) is 76.0. The largest absolute Gasteiger partial charge is 0.457 e. The van der Waals surface area contributed by atoms with E-state index in [9.17, 15) is 0 Å². The van der Waals surface area contributed by atoms with E-state index in [4.69, 9.17) is 19.7 Å². The molecular formula is C64H38N6O. The number of nitrogens with zero attached hydrogens (tertiary/aromatic N) is 6. The van der Waals surface area contributed by atoms with Gasteiger partial charge >= 0.3 is 0 Å². The van der Waals surface area contributed by atoms with E-state index < -0.39 is 5.41 Å². The highest BCUT2D eigenvalue weighted by Gasteiger charge is 2.53. The molecule has 0 radical (unpaired) electrons. The van der Waals surface area contributed by atoms with Crippen molar-refractivity contribution in [1.29, 1.82) is 0 Å². The van der Waals surface area contributed by atoms with E-state index in [-0.39, 0.29) is 0 Å². The molecule has 0 fully saturated rings. The Bertz CT molecular complexity index is 4440. The van der Waals surface area contributed by atoms with Gasteiger partial charge in [-0.3, -0.25) is 14.5 Å². The third kappa shape index (κ3) is 5.08. The Morgan fingerprint density at radius 2 is 0.817 bits per heavy atom. The Morgan fingerprint density at radius 1 is 0.338 bits per heavy atom. The Morgan fingerprint density at radius 3 is 1.42 bits per heavy atom. The monoisotopic (exact) mass is 906 g/mol. The summed E-state index contributed by atoms with van der Waals surface area (Å²) < 4.78 is 13.8. The second-order valence-electron chi connectivity index (χ2n) is 18.7. The van der Waals surface area contributed by atoms with Crippen molar-refractivity contribution in [3.8, 4) is 51.2 Å². The molecule has 8 aromatic carbocycles. The number of hydrogen-bond donors (Lipinski definition) is 0. The van der Waals surface area contributed by atoms with Crippen LogP contribution in [-0.2, 0) is 5.41 Å². The first-order valence-corrected chi connectivity index (χ1v) is 24.1. The molecule has 2 aliphatic rings. The first-order chi connectivity index (χ1) is 35.2. The van der Waals surface area contributed by atoms with Crippen LogP contribution in [0.5, 0.6) is 11.5 Å². The number of para-hydroxylation sites is 7. The van der Waals surface area contributed by atoms with E-state index in [2.05, 4.69) is 220 Å². The zero-order valence-electron chi connectivity index (χ0n) is 38.0. The fourth-order valence-corrected chi connectivity index (χ4v) is 12.4. The van der Waals surface area contributed by atoms with E-state index in [0.29, 0.717) is 0 Å². The van der Waals surface area contributed by atoms with Crippen molar-refractivity contribution in [1.82, 2.24) is 28.7 Å². The SMILES string of the molecule is c1ccc2c(c1)Oc1ccccc1C21c2cc(-c3ccc4c(c3)c3ccccc3n4-c3cccnc3-n3c4ccccc4c4ccccc43)cnc2-c2ncc(-n3c4ccccc4c4ccccc43)cc21. The van der Waals surface area contributed by atoms with Crippen LogP contribution in [-0.4, -0.2) is 28.7 Å². The number of ether oxygens (including phenoxy) is 1. The molecule has 330 valence electrons. The highest BCUT2D eigenvalue weighted by Crippen LogP contribution is 2.62. The van der Waals surface area contributed by atoms with Gasteiger partial charge < -0.3 is 13.9 Å². The van der Waals surface area contributed by atoms with Gasteiger partial charge in [-0.25, -0.2) is 4.98 Å². The van der Waals surface area contributed by atoms with Crippen LogP contribution >= 0.6 is 0 Å². The highest BCUT2D eigenvalue weighted by molar-refractivity contribution is 6.13. The molecule has 0 N–H and O–H groups in total. The molecule has 1 aliphatic heterocycles. The molecule has 6 aromatic heterocycles. The van der Waals surface area contributed by atoms with Gasteiger partial charge in [-0.1, -0.05) is 133 Å². The number of aromatic nitrogens is 6. The minimum atomic E-state index is -0.787. The quantitative estimate of drug-likeness (QED) is 0.176. The lowest BCUT2D eigenvalue weighted by molar-refractivity contribution is 0.436. The van der Waals surface area contributed by atoms with Crippen molar-refractivity contribution in [3.63, 3.8) is 0 Å². The Balaban J connectivity index is 0.917. The van der Waals surface area contributed by atoms with Gasteiger partial charge in [0, 0.05) is 72.5 Å². The summed E-state index contributed by atoms with van der Waals surface area (Å²) >= 11 is 0. The number of fused-ring (bicyclic) bond motifs is 18. The molecule has 0 saturated heterocycles. The van der Waals surface area contributed by atoms with E-state index in [1.54, 1.807) is 0 Å². The zero-order chi connectivity index (χ0) is 46.4. The summed E-state index contributed by atoms with van der Waals surface area (Å²) in [5.74, 6) is 2.52. The summed E-state index contributed by atoms with van der Waals surface area (Å²) in [6.07, 6.45) is 5.95. The van der Waals surface area contributed by atoms with Gasteiger partial charge in [0.15, 0.2) is 5.82 Å². The minimum Gasteiger partial charge on any atom is -0.457 e. The molecule has 0 bridgehead atoms. The van der Waals surface area contributed by atoms with Crippen LogP contribution in [0.2, 0.25) is 0 Å². The van der Waals surface area contributed by atoms with Crippen molar-refractivity contribution < 1.29 is 4.74 Å². The van der Waals surface area contributed by atoms with E-state index in [1.165, 1.54) is 21.5 Å². The van der Waals surface area contributed by atoms with Crippen LogP contribution in [0.15, 0.2) is 231 Å². The van der Waals surface area contributed by atoms with Crippen LogP contribution in [0.1, 0.15) is 22.3 Å². The summed E-state index contributed by atoms with van der Waals surface area (Å²) in [5.41, 5.74) is 16.0. The minimum absolute atomic E-state index is 0.787. The molecule has 7 nitrogen and oxygen atoms in total. The molecule has 7 heterocycles. The lowest BCUT2D eigenvalue weighted by Crippen LogP contribution is -2.32. The van der Waals surface area contributed by atoms with Crippen LogP contribution in [0.3, 0.4) is 0 Å². The number of rotatable bonds is 4. The van der Waals surface area contributed by atoms with E-state index >= 15 is 0 Å². The van der Waals surface area contributed by atoms with Gasteiger partial charge in [0.1, 0.15) is 11.5 Å². The number of pyridine rings is 3. The maximum atomic E-state index is 6.77. The summed E-state index contributed by atoms with van der Waals surface area (Å²) in [4.78, 5) is 16.0. The molecule has 1 aliphatic carbocycles. The van der Waals surface area contributed by atoms with Gasteiger partial charge in [-0.2, -0.15) is 0 Å². The smallest absolute Gasteiger partial charge is 0.162 e. The van der Waals surface area contributed by atoms with Crippen molar-refractivity contribution >= 4 is 65.4 Å². The average Bonchev–Trinajstić information content (AvgIpc) is 4.15. The Hall–Kier alpha value is -9.59. The van der Waals surface area contributed by atoms with Crippen LogP contribution in [0, 0.1) is 0 Å². The molecule has 16 rings (SSSR count). The van der Waals surface area contributed by atoms with Gasteiger partial charge in [0.25, 0.3) is 0 Å². The van der Waals surface area contributed by atoms with Crippen LogP contribution in [0.4, 0.5) is 0 Å². The zero-order valence-corrected chi connectivity index (χ0v) is 38.0. The van der Waals surface area contributed by atoms with Crippen molar-refractivity contribution in [2.45, 2.75) is 5.41 Å². The predicted molar refractivity (Wildman–Crippen MR) is 286 cm³/mol. The van der Waals surface area contributed by atoms with Crippen LogP contribution < -0.4 is 4.74 Å². The lowest BCUT2D eigenvalue weighted by atomic mass is 9.66. The summed E-state index contributed by atoms with van der Waals surface area (Å²) in [6.45, 7) is 0. The summed E-state index contributed by atoms with van der Waals surface area (Å²) in [7, 11) is 0. The Kier molecular flexibility index (Phi) is 7.69. The number of hydrogen-bond acceptors (Lipinski definition) is 4. The van der Waals surface area contributed by atoms with Gasteiger partial charge in [-0.05, 0) is 84.4 Å². The fraction of sp³-hybridized carbons (Fsp3) is 0.0156. The van der Waals surface area contributed by atoms with E-state index in [0.717, 1.165) is 117 Å². The third-order valence-electron chi connectivity index (χ3n) is 15.2. The highest BCUT2D eigenvalue weighted by atomic mass is 16.5. The van der Waals surface area contributed by atoms with E-state index in [1.807, 2.05) is 24.7 Å². The molecular weight excluding hydrogens is 869 g/mol. The molecule has 0 saturated carbocycles. The predicted octanol–water partition coefficient (Wildman–Crippen LogP) is 15.3. The lowest BCUT2D eigenvalue weighted by Gasteiger charge is -2.39. The fourth-order valence-electron chi connectivity index (χ4n) is 12.4. The number of benzene rings is 8. The molecule has 7 heteroatoms. The third-order valence-corrected chi connectivity index (χ3v) is 15.2. The molecule has 1 spiro atoms. The molecule has 14 aromatic rings. The van der Waals surface area contributed by atoms with Crippen molar-refractivity contribution in [3.05, 3.63) is 253 Å². The standard InChI is InChI=1S/C64H38N6O/c1-8-23-52-42(16-1)43-17-2-9-24-53(43)68(52)41-36-51-62(67-38-41)61-50(64(51)48-21-6-13-29-59(48)71-60-30-14-7-22-49(60)64)35-40(37-66-61)39-31-32-57-47(34-39)46-20-5-10-25-54(46)69(57)58-28-15-33-65-63(58)70-55-26-11-3-18-44(55)45-19-4-12-27-56(45)70/h1-38H. The maximum Gasteiger partial charge on any atom is 0.162 e.